The summed E-state index contributed by atoms with van der Waals surface area (Å²) in [6, 6.07) is 3.35. The van der Waals surface area contributed by atoms with Gasteiger partial charge < -0.3 is 10.4 Å². The van der Waals surface area contributed by atoms with Crippen molar-refractivity contribution < 1.29 is 9.90 Å². The molecule has 3 heterocycles. The Kier molecular flexibility index (Phi) is 2.52. The highest BCUT2D eigenvalue weighted by molar-refractivity contribution is 5.90. The fourth-order valence-electron chi connectivity index (χ4n) is 2.01. The van der Waals surface area contributed by atoms with Crippen molar-refractivity contribution >= 4 is 11.9 Å². The third-order valence-electron chi connectivity index (χ3n) is 2.83. The molecule has 0 amide bonds. The third-order valence-corrected chi connectivity index (χ3v) is 2.83. The Bertz CT molecular complexity index is 662. The molecule has 7 heteroatoms. The summed E-state index contributed by atoms with van der Waals surface area (Å²) in [7, 11) is 0. The van der Waals surface area contributed by atoms with E-state index in [0.717, 1.165) is 5.56 Å². The van der Waals surface area contributed by atoms with Crippen molar-refractivity contribution in [3.8, 4) is 0 Å². The van der Waals surface area contributed by atoms with E-state index >= 15 is 0 Å². The molecule has 0 aromatic carbocycles. The molecule has 1 atom stereocenters. The highest BCUT2D eigenvalue weighted by Crippen LogP contribution is 2.28. The van der Waals surface area contributed by atoms with Gasteiger partial charge in [0.15, 0.2) is 0 Å². The lowest BCUT2D eigenvalue weighted by molar-refractivity contribution is -0.132. The van der Waals surface area contributed by atoms with Gasteiger partial charge >= 0.3 is 5.97 Å². The van der Waals surface area contributed by atoms with Crippen LogP contribution in [0.15, 0.2) is 36.3 Å². The van der Waals surface area contributed by atoms with E-state index in [4.69, 9.17) is 5.11 Å². The minimum atomic E-state index is -1.03. The number of hydrogen-bond acceptors (Lipinski definition) is 5. The molecule has 3 rings (SSSR count). The molecule has 0 spiro atoms. The second kappa shape index (κ2) is 4.20. The van der Waals surface area contributed by atoms with Gasteiger partial charge in [-0.05, 0) is 24.6 Å². The average Bonchev–Trinajstić information content (AvgIpc) is 2.78. The maximum Gasteiger partial charge on any atom is 0.352 e. The predicted octanol–water partition coefficient (Wildman–Crippen LogP) is 0.965. The lowest BCUT2D eigenvalue weighted by Crippen LogP contribution is -2.24. The molecule has 0 bridgehead atoms. The van der Waals surface area contributed by atoms with Crippen LogP contribution in [0.4, 0.5) is 5.95 Å². The SMILES string of the molecule is Cc1nc2n(n1)C(c1cccnc1)C=C(C(=O)O)N2. The van der Waals surface area contributed by atoms with Crippen LogP contribution in [-0.2, 0) is 4.79 Å². The van der Waals surface area contributed by atoms with Crippen molar-refractivity contribution in [2.24, 2.45) is 0 Å². The second-order valence-corrected chi connectivity index (χ2v) is 4.17. The number of pyridine rings is 1. The van der Waals surface area contributed by atoms with Crippen LogP contribution in [0.25, 0.3) is 0 Å². The van der Waals surface area contributed by atoms with Gasteiger partial charge in [0.25, 0.3) is 0 Å². The highest BCUT2D eigenvalue weighted by atomic mass is 16.4. The van der Waals surface area contributed by atoms with Gasteiger partial charge in [-0.3, -0.25) is 4.98 Å². The molecule has 96 valence electrons. The molecule has 2 N–H and O–H groups in total. The lowest BCUT2D eigenvalue weighted by Gasteiger charge is -2.22. The molecule has 0 saturated heterocycles. The number of allylic oxidation sites excluding steroid dienone is 1. The van der Waals surface area contributed by atoms with Gasteiger partial charge in [-0.1, -0.05) is 6.07 Å². The monoisotopic (exact) mass is 257 g/mol. The number of nitrogens with one attached hydrogen (secondary N) is 1. The fraction of sp³-hybridized carbons (Fsp3) is 0.167. The predicted molar refractivity (Wildman–Crippen MR) is 66.5 cm³/mol. The van der Waals surface area contributed by atoms with E-state index in [2.05, 4.69) is 20.4 Å². The molecular weight excluding hydrogens is 246 g/mol. The van der Waals surface area contributed by atoms with Crippen LogP contribution in [0, 0.1) is 6.92 Å². The fourth-order valence-corrected chi connectivity index (χ4v) is 2.01. The zero-order valence-electron chi connectivity index (χ0n) is 10.1. The summed E-state index contributed by atoms with van der Waals surface area (Å²) in [6.07, 6.45) is 4.95. The Morgan fingerprint density at radius 2 is 2.37 bits per heavy atom. The molecule has 0 aliphatic carbocycles. The van der Waals surface area contributed by atoms with Crippen LogP contribution in [0.5, 0.6) is 0 Å². The number of hydrogen-bond donors (Lipinski definition) is 2. The average molecular weight is 257 g/mol. The summed E-state index contributed by atoms with van der Waals surface area (Å²) in [5.74, 6) is -0.0246. The molecule has 1 aliphatic heterocycles. The van der Waals surface area contributed by atoms with E-state index in [9.17, 15) is 4.79 Å². The van der Waals surface area contributed by atoms with Crippen LogP contribution in [-0.4, -0.2) is 30.8 Å². The van der Waals surface area contributed by atoms with Crippen LogP contribution in [0.1, 0.15) is 17.4 Å². The maximum absolute atomic E-state index is 11.1. The van der Waals surface area contributed by atoms with Crippen LogP contribution in [0.2, 0.25) is 0 Å². The maximum atomic E-state index is 11.1. The lowest BCUT2D eigenvalue weighted by atomic mass is 10.1. The summed E-state index contributed by atoms with van der Waals surface area (Å²) >= 11 is 0. The Labute approximate surface area is 108 Å². The second-order valence-electron chi connectivity index (χ2n) is 4.17. The molecule has 1 aliphatic rings. The zero-order chi connectivity index (χ0) is 13.4. The summed E-state index contributed by atoms with van der Waals surface area (Å²) in [5, 5.41) is 16.2. The molecule has 1 unspecified atom stereocenters. The Balaban J connectivity index is 2.13. The molecule has 0 radical (unpaired) electrons. The molecule has 7 nitrogen and oxygen atoms in total. The van der Waals surface area contributed by atoms with E-state index in [1.807, 2.05) is 6.07 Å². The Morgan fingerprint density at radius 3 is 3.05 bits per heavy atom. The first kappa shape index (κ1) is 11.4. The van der Waals surface area contributed by atoms with E-state index < -0.39 is 5.97 Å². The number of nitrogens with zero attached hydrogens (tertiary/aromatic N) is 4. The summed E-state index contributed by atoms with van der Waals surface area (Å²) < 4.78 is 1.65. The minimum absolute atomic E-state index is 0.0914. The van der Waals surface area contributed by atoms with E-state index in [-0.39, 0.29) is 11.7 Å². The number of anilines is 1. The van der Waals surface area contributed by atoms with Gasteiger partial charge in [-0.25, -0.2) is 9.48 Å². The first-order valence-electron chi connectivity index (χ1n) is 5.70. The number of carbonyl (C=O) groups is 1. The number of rotatable bonds is 2. The first-order valence-corrected chi connectivity index (χ1v) is 5.70. The summed E-state index contributed by atoms with van der Waals surface area (Å²) in [4.78, 5) is 19.4. The molecular formula is C12H11N5O2. The Hall–Kier alpha value is -2.70. The van der Waals surface area contributed by atoms with Crippen LogP contribution < -0.4 is 5.32 Å². The molecule has 2 aromatic rings. The summed E-state index contributed by atoms with van der Waals surface area (Å²) in [6.45, 7) is 1.76. The van der Waals surface area contributed by atoms with Crippen LogP contribution in [0.3, 0.4) is 0 Å². The standard InChI is InChI=1S/C12H11N5O2/c1-7-14-12-15-9(11(18)19)5-10(17(12)16-7)8-3-2-4-13-6-8/h2-6,10H,1H3,(H,18,19)(H,14,15,16). The van der Waals surface area contributed by atoms with Gasteiger partial charge in [-0.15, -0.1) is 0 Å². The van der Waals surface area contributed by atoms with Gasteiger partial charge in [0.2, 0.25) is 5.95 Å². The number of aryl methyl sites for hydroxylation is 1. The van der Waals surface area contributed by atoms with Crippen molar-refractivity contribution in [2.75, 3.05) is 5.32 Å². The van der Waals surface area contributed by atoms with Crippen molar-refractivity contribution in [3.05, 3.63) is 47.7 Å². The number of aromatic nitrogens is 4. The highest BCUT2D eigenvalue weighted by Gasteiger charge is 2.26. The van der Waals surface area contributed by atoms with Crippen LogP contribution >= 0.6 is 0 Å². The number of aliphatic carboxylic acids is 1. The smallest absolute Gasteiger partial charge is 0.352 e. The van der Waals surface area contributed by atoms with Crippen molar-refractivity contribution in [1.29, 1.82) is 0 Å². The Morgan fingerprint density at radius 1 is 1.53 bits per heavy atom. The van der Waals surface area contributed by atoms with Crippen molar-refractivity contribution in [3.63, 3.8) is 0 Å². The van der Waals surface area contributed by atoms with E-state index in [1.54, 1.807) is 36.1 Å². The largest absolute Gasteiger partial charge is 0.477 e. The summed E-state index contributed by atoms with van der Waals surface area (Å²) in [5.41, 5.74) is 0.947. The zero-order valence-corrected chi connectivity index (χ0v) is 10.1. The quantitative estimate of drug-likeness (QED) is 0.832. The van der Waals surface area contributed by atoms with E-state index in [0.29, 0.717) is 11.8 Å². The number of carboxylic acid groups (broad SMARTS) is 1. The van der Waals surface area contributed by atoms with Gasteiger partial charge in [0.05, 0.1) is 0 Å². The van der Waals surface area contributed by atoms with Crippen molar-refractivity contribution in [1.82, 2.24) is 19.7 Å². The normalized spacial score (nSPS) is 17.3. The number of fused-ring (bicyclic) bond motifs is 1. The molecule has 2 aromatic heterocycles. The molecule has 0 fully saturated rings. The molecule has 19 heavy (non-hydrogen) atoms. The van der Waals surface area contributed by atoms with Gasteiger partial charge in [0.1, 0.15) is 17.6 Å². The van der Waals surface area contributed by atoms with Crippen molar-refractivity contribution in [2.45, 2.75) is 13.0 Å². The number of carboxylic acids is 1. The van der Waals surface area contributed by atoms with Gasteiger partial charge in [-0.2, -0.15) is 10.1 Å². The molecule has 0 saturated carbocycles. The minimum Gasteiger partial charge on any atom is -0.477 e. The van der Waals surface area contributed by atoms with E-state index in [1.165, 1.54) is 0 Å². The third kappa shape index (κ3) is 1.95. The van der Waals surface area contributed by atoms with Gasteiger partial charge in [0, 0.05) is 12.4 Å². The topological polar surface area (TPSA) is 92.9 Å². The first-order chi connectivity index (χ1) is 9.15.